The summed E-state index contributed by atoms with van der Waals surface area (Å²) in [6.45, 7) is 5.93. The molecule has 0 aliphatic heterocycles. The molecule has 0 aromatic carbocycles. The van der Waals surface area contributed by atoms with Crippen LogP contribution in [0.1, 0.15) is 11.3 Å². The Kier molecular flexibility index (Phi) is 2.83. The number of aryl methyl sites for hydroxylation is 1. The van der Waals surface area contributed by atoms with Crippen molar-refractivity contribution in [2.45, 2.75) is 6.92 Å². The maximum atomic E-state index is 4.22. The van der Waals surface area contributed by atoms with Crippen LogP contribution in [-0.2, 0) is 0 Å². The zero-order valence-electron chi connectivity index (χ0n) is 6.47. The zero-order chi connectivity index (χ0) is 8.27. The second-order valence-electron chi connectivity index (χ2n) is 2.41. The first kappa shape index (κ1) is 8.47. The largest absolute Gasteiger partial charge is 0.256 e. The number of pyridine rings is 1. The molecule has 11 heavy (non-hydrogen) atoms. The van der Waals surface area contributed by atoms with Crippen LogP contribution in [0.4, 0.5) is 0 Å². The van der Waals surface area contributed by atoms with Crippen molar-refractivity contribution < 1.29 is 0 Å². The highest BCUT2D eigenvalue weighted by molar-refractivity contribution is 9.09. The summed E-state index contributed by atoms with van der Waals surface area (Å²) in [5.74, 6) is 0. The summed E-state index contributed by atoms with van der Waals surface area (Å²) >= 11 is 3.35. The molecule has 0 aliphatic rings. The number of halogens is 1. The molecule has 1 heterocycles. The molecule has 0 amide bonds. The topological polar surface area (TPSA) is 12.9 Å². The second-order valence-corrected chi connectivity index (χ2v) is 2.97. The lowest BCUT2D eigenvalue weighted by atomic mass is 10.1. The van der Waals surface area contributed by atoms with Crippen LogP contribution < -0.4 is 0 Å². The summed E-state index contributed by atoms with van der Waals surface area (Å²) in [4.78, 5) is 4.22. The Morgan fingerprint density at radius 2 is 2.45 bits per heavy atom. The minimum Gasteiger partial charge on any atom is -0.256 e. The fraction of sp³-hybridized carbons (Fsp3) is 0.222. The molecule has 1 aromatic heterocycles. The Morgan fingerprint density at radius 1 is 1.73 bits per heavy atom. The van der Waals surface area contributed by atoms with E-state index in [2.05, 4.69) is 27.5 Å². The smallest absolute Gasteiger partial charge is 0.0693 e. The first-order valence-electron chi connectivity index (χ1n) is 3.41. The second kappa shape index (κ2) is 3.67. The number of rotatable bonds is 2. The Bertz CT molecular complexity index is 268. The van der Waals surface area contributed by atoms with Crippen LogP contribution in [0, 0.1) is 6.92 Å². The Balaban J connectivity index is 3.03. The standard InChI is InChI=1S/C9H10BrN/c1-7-4-3-5-11-9(7)8(2)6-10/h3-5H,2,6H2,1H3. The Hall–Kier alpha value is -0.630. The van der Waals surface area contributed by atoms with Crippen LogP contribution in [0.2, 0.25) is 0 Å². The Morgan fingerprint density at radius 3 is 3.00 bits per heavy atom. The van der Waals surface area contributed by atoms with Gasteiger partial charge >= 0.3 is 0 Å². The predicted octanol–water partition coefficient (Wildman–Crippen LogP) is 2.80. The summed E-state index contributed by atoms with van der Waals surface area (Å²) in [5, 5.41) is 0.783. The molecule has 58 valence electrons. The van der Waals surface area contributed by atoms with Gasteiger partial charge in [0.15, 0.2) is 0 Å². The van der Waals surface area contributed by atoms with E-state index in [1.807, 2.05) is 19.1 Å². The molecule has 0 atom stereocenters. The number of allylic oxidation sites excluding steroid dienone is 1. The highest BCUT2D eigenvalue weighted by Gasteiger charge is 2.00. The van der Waals surface area contributed by atoms with Crippen molar-refractivity contribution in [2.24, 2.45) is 0 Å². The fourth-order valence-corrected chi connectivity index (χ4v) is 1.18. The van der Waals surface area contributed by atoms with Gasteiger partial charge in [-0.05, 0) is 24.1 Å². The van der Waals surface area contributed by atoms with E-state index in [4.69, 9.17) is 0 Å². The van der Waals surface area contributed by atoms with Gasteiger partial charge in [-0.3, -0.25) is 4.98 Å². The van der Waals surface area contributed by atoms with Gasteiger partial charge in [0.2, 0.25) is 0 Å². The lowest BCUT2D eigenvalue weighted by molar-refractivity contribution is 1.22. The van der Waals surface area contributed by atoms with Gasteiger partial charge in [0.1, 0.15) is 0 Å². The van der Waals surface area contributed by atoms with E-state index >= 15 is 0 Å². The fourth-order valence-electron chi connectivity index (χ4n) is 0.919. The number of hydrogen-bond donors (Lipinski definition) is 0. The van der Waals surface area contributed by atoms with E-state index in [0.717, 1.165) is 16.6 Å². The van der Waals surface area contributed by atoms with Gasteiger partial charge in [0.25, 0.3) is 0 Å². The summed E-state index contributed by atoms with van der Waals surface area (Å²) in [6.07, 6.45) is 1.79. The minimum absolute atomic E-state index is 0.783. The van der Waals surface area contributed by atoms with Gasteiger partial charge in [-0.1, -0.05) is 28.6 Å². The molecule has 0 radical (unpaired) electrons. The molecular weight excluding hydrogens is 202 g/mol. The van der Waals surface area contributed by atoms with Crippen molar-refractivity contribution in [2.75, 3.05) is 5.33 Å². The third kappa shape index (κ3) is 1.90. The van der Waals surface area contributed by atoms with Gasteiger partial charge in [0.05, 0.1) is 5.69 Å². The lowest BCUT2D eigenvalue weighted by Crippen LogP contribution is -1.91. The molecule has 0 N–H and O–H groups in total. The lowest BCUT2D eigenvalue weighted by Gasteiger charge is -2.03. The summed E-state index contributed by atoms with van der Waals surface area (Å²) in [5.41, 5.74) is 3.21. The van der Waals surface area contributed by atoms with Gasteiger partial charge in [-0.2, -0.15) is 0 Å². The molecule has 0 aliphatic carbocycles. The average Bonchev–Trinajstić information content (AvgIpc) is 2.04. The third-order valence-corrected chi connectivity index (χ3v) is 2.18. The van der Waals surface area contributed by atoms with E-state index in [1.165, 1.54) is 5.56 Å². The van der Waals surface area contributed by atoms with Crippen LogP contribution in [0.25, 0.3) is 5.57 Å². The molecule has 1 nitrogen and oxygen atoms in total. The quantitative estimate of drug-likeness (QED) is 0.687. The summed E-state index contributed by atoms with van der Waals surface area (Å²) < 4.78 is 0. The number of nitrogens with zero attached hydrogens (tertiary/aromatic N) is 1. The van der Waals surface area contributed by atoms with Gasteiger partial charge in [0, 0.05) is 11.5 Å². The van der Waals surface area contributed by atoms with Crippen LogP contribution in [0.3, 0.4) is 0 Å². The molecule has 0 saturated carbocycles. The molecule has 0 saturated heterocycles. The monoisotopic (exact) mass is 211 g/mol. The van der Waals surface area contributed by atoms with Gasteiger partial charge in [-0.25, -0.2) is 0 Å². The minimum atomic E-state index is 0.783. The highest BCUT2D eigenvalue weighted by Crippen LogP contribution is 2.15. The van der Waals surface area contributed by atoms with Crippen LogP contribution in [-0.4, -0.2) is 10.3 Å². The average molecular weight is 212 g/mol. The normalized spacial score (nSPS) is 9.64. The van der Waals surface area contributed by atoms with Crippen molar-refractivity contribution in [1.82, 2.24) is 4.98 Å². The molecular formula is C9H10BrN. The molecule has 1 rings (SSSR count). The molecule has 2 heteroatoms. The van der Waals surface area contributed by atoms with E-state index in [1.54, 1.807) is 6.20 Å². The van der Waals surface area contributed by atoms with Gasteiger partial charge < -0.3 is 0 Å². The van der Waals surface area contributed by atoms with Crippen LogP contribution in [0.5, 0.6) is 0 Å². The van der Waals surface area contributed by atoms with Gasteiger partial charge in [-0.15, -0.1) is 0 Å². The SMILES string of the molecule is C=C(CBr)c1ncccc1C. The number of alkyl halides is 1. The van der Waals surface area contributed by atoms with E-state index in [9.17, 15) is 0 Å². The maximum absolute atomic E-state index is 4.22. The summed E-state index contributed by atoms with van der Waals surface area (Å²) in [7, 11) is 0. The highest BCUT2D eigenvalue weighted by atomic mass is 79.9. The molecule has 0 bridgehead atoms. The van der Waals surface area contributed by atoms with Crippen molar-refractivity contribution >= 4 is 21.5 Å². The maximum Gasteiger partial charge on any atom is 0.0693 e. The van der Waals surface area contributed by atoms with E-state index < -0.39 is 0 Å². The summed E-state index contributed by atoms with van der Waals surface area (Å²) in [6, 6.07) is 3.97. The Labute approximate surface area is 75.3 Å². The first-order valence-corrected chi connectivity index (χ1v) is 4.53. The molecule has 1 aromatic rings. The molecule has 0 spiro atoms. The van der Waals surface area contributed by atoms with E-state index in [0.29, 0.717) is 0 Å². The zero-order valence-corrected chi connectivity index (χ0v) is 8.06. The van der Waals surface area contributed by atoms with Crippen molar-refractivity contribution in [3.8, 4) is 0 Å². The van der Waals surface area contributed by atoms with Crippen molar-refractivity contribution in [1.29, 1.82) is 0 Å². The number of aromatic nitrogens is 1. The third-order valence-electron chi connectivity index (χ3n) is 1.51. The van der Waals surface area contributed by atoms with Crippen molar-refractivity contribution in [3.05, 3.63) is 36.2 Å². The molecule has 0 unspecified atom stereocenters. The predicted molar refractivity (Wildman–Crippen MR) is 51.8 cm³/mol. The van der Waals surface area contributed by atoms with Crippen LogP contribution in [0.15, 0.2) is 24.9 Å². The molecule has 0 fully saturated rings. The first-order chi connectivity index (χ1) is 5.25. The van der Waals surface area contributed by atoms with E-state index in [-0.39, 0.29) is 0 Å². The number of hydrogen-bond acceptors (Lipinski definition) is 1. The van der Waals surface area contributed by atoms with Crippen molar-refractivity contribution in [3.63, 3.8) is 0 Å². The van der Waals surface area contributed by atoms with Crippen LogP contribution >= 0.6 is 15.9 Å².